The molecular formula is C16H19N5O2. The van der Waals surface area contributed by atoms with E-state index in [0.29, 0.717) is 24.8 Å². The highest BCUT2D eigenvalue weighted by Crippen LogP contribution is 2.25. The minimum Gasteiger partial charge on any atom is -0.464 e. The number of esters is 1. The average molecular weight is 313 g/mol. The van der Waals surface area contributed by atoms with Crippen LogP contribution in [0.1, 0.15) is 41.4 Å². The highest BCUT2D eigenvalue weighted by Gasteiger charge is 2.23. The predicted octanol–water partition coefficient (Wildman–Crippen LogP) is 1.77. The highest BCUT2D eigenvalue weighted by atomic mass is 16.5. The van der Waals surface area contributed by atoms with Crippen LogP contribution in [0, 0.1) is 5.92 Å². The summed E-state index contributed by atoms with van der Waals surface area (Å²) in [6.45, 7) is 5.60. The Balaban J connectivity index is 1.80. The van der Waals surface area contributed by atoms with Crippen LogP contribution in [0.3, 0.4) is 0 Å². The van der Waals surface area contributed by atoms with Crippen molar-refractivity contribution in [2.75, 3.05) is 12.0 Å². The number of hydrogen-bond acceptors (Lipinski definition) is 7. The monoisotopic (exact) mass is 313 g/mol. The van der Waals surface area contributed by atoms with Gasteiger partial charge in [-0.1, -0.05) is 13.8 Å². The maximum absolute atomic E-state index is 11.6. The molecule has 2 aromatic rings. The Bertz CT molecular complexity index is 732. The molecule has 0 fully saturated rings. The van der Waals surface area contributed by atoms with Crippen LogP contribution >= 0.6 is 0 Å². The molecule has 0 aliphatic carbocycles. The molecule has 0 unspecified atom stereocenters. The van der Waals surface area contributed by atoms with Crippen molar-refractivity contribution in [3.63, 3.8) is 0 Å². The maximum Gasteiger partial charge on any atom is 0.358 e. The summed E-state index contributed by atoms with van der Waals surface area (Å²) in [6, 6.07) is 0. The van der Waals surface area contributed by atoms with Crippen LogP contribution in [0.5, 0.6) is 0 Å². The van der Waals surface area contributed by atoms with Gasteiger partial charge < -0.3 is 9.64 Å². The number of hydrogen-bond donors (Lipinski definition) is 0. The highest BCUT2D eigenvalue weighted by molar-refractivity contribution is 5.87. The second kappa shape index (κ2) is 6.28. The van der Waals surface area contributed by atoms with Gasteiger partial charge in [0.25, 0.3) is 0 Å². The third-order valence-corrected chi connectivity index (χ3v) is 3.64. The van der Waals surface area contributed by atoms with E-state index in [4.69, 9.17) is 0 Å². The zero-order valence-corrected chi connectivity index (χ0v) is 13.5. The lowest BCUT2D eigenvalue weighted by Gasteiger charge is -2.15. The van der Waals surface area contributed by atoms with Crippen molar-refractivity contribution in [1.29, 1.82) is 0 Å². The molecule has 120 valence electrons. The van der Waals surface area contributed by atoms with Crippen molar-refractivity contribution in [3.8, 4) is 0 Å². The van der Waals surface area contributed by atoms with Gasteiger partial charge in [0.05, 0.1) is 31.7 Å². The van der Waals surface area contributed by atoms with Gasteiger partial charge in [-0.3, -0.25) is 4.98 Å². The molecule has 0 spiro atoms. The van der Waals surface area contributed by atoms with Gasteiger partial charge in [-0.25, -0.2) is 19.7 Å². The van der Waals surface area contributed by atoms with Crippen molar-refractivity contribution in [3.05, 3.63) is 41.4 Å². The molecule has 0 aromatic carbocycles. The normalized spacial score (nSPS) is 13.3. The van der Waals surface area contributed by atoms with Crippen molar-refractivity contribution in [1.82, 2.24) is 19.9 Å². The molecule has 0 amide bonds. The first-order valence-electron chi connectivity index (χ1n) is 7.55. The molecule has 0 radical (unpaired) electrons. The number of aromatic nitrogens is 4. The fourth-order valence-electron chi connectivity index (χ4n) is 2.53. The van der Waals surface area contributed by atoms with Crippen molar-refractivity contribution < 1.29 is 9.53 Å². The number of carbonyl (C=O) groups is 1. The largest absolute Gasteiger partial charge is 0.464 e. The van der Waals surface area contributed by atoms with Gasteiger partial charge in [-0.15, -0.1) is 0 Å². The lowest BCUT2D eigenvalue weighted by atomic mass is 10.1. The molecule has 0 saturated heterocycles. The van der Waals surface area contributed by atoms with Gasteiger partial charge in [-0.2, -0.15) is 0 Å². The van der Waals surface area contributed by atoms with Crippen LogP contribution in [0.4, 0.5) is 5.82 Å². The van der Waals surface area contributed by atoms with Crippen LogP contribution in [0.25, 0.3) is 0 Å². The standard InChI is InChI=1S/C16H19N5O2/c1-10(2)4-14-18-5-11-8-21(9-13(11)19-14)15-7-17-6-12(20-15)16(22)23-3/h5-7,10H,4,8-9H2,1-3H3. The van der Waals surface area contributed by atoms with E-state index >= 15 is 0 Å². The zero-order valence-electron chi connectivity index (χ0n) is 13.5. The lowest BCUT2D eigenvalue weighted by Crippen LogP contribution is -2.18. The first-order chi connectivity index (χ1) is 11.1. The molecule has 1 aliphatic heterocycles. The molecular weight excluding hydrogens is 294 g/mol. The van der Waals surface area contributed by atoms with Gasteiger partial charge in [0.2, 0.25) is 0 Å². The Hall–Kier alpha value is -2.57. The summed E-state index contributed by atoms with van der Waals surface area (Å²) in [5.74, 6) is 1.54. The summed E-state index contributed by atoms with van der Waals surface area (Å²) in [5, 5.41) is 0. The topological polar surface area (TPSA) is 81.1 Å². The van der Waals surface area contributed by atoms with Crippen LogP contribution in [0.15, 0.2) is 18.6 Å². The van der Waals surface area contributed by atoms with Crippen LogP contribution < -0.4 is 4.90 Å². The van der Waals surface area contributed by atoms with E-state index in [1.165, 1.54) is 13.3 Å². The summed E-state index contributed by atoms with van der Waals surface area (Å²) in [4.78, 5) is 31.1. The molecule has 7 heteroatoms. The molecule has 3 rings (SSSR count). The van der Waals surface area contributed by atoms with E-state index in [-0.39, 0.29) is 5.69 Å². The number of carbonyl (C=O) groups excluding carboxylic acids is 1. The van der Waals surface area contributed by atoms with Gasteiger partial charge in [0.15, 0.2) is 5.69 Å². The smallest absolute Gasteiger partial charge is 0.358 e. The summed E-state index contributed by atoms with van der Waals surface area (Å²) in [6.07, 6.45) is 5.79. The van der Waals surface area contributed by atoms with Crippen LogP contribution in [0.2, 0.25) is 0 Å². The average Bonchev–Trinajstić information content (AvgIpc) is 2.97. The molecule has 3 heterocycles. The Kier molecular flexibility index (Phi) is 4.18. The maximum atomic E-state index is 11.6. The molecule has 1 aliphatic rings. The zero-order chi connectivity index (χ0) is 16.4. The molecule has 23 heavy (non-hydrogen) atoms. The Morgan fingerprint density at radius 2 is 2.09 bits per heavy atom. The van der Waals surface area contributed by atoms with Gasteiger partial charge in [0.1, 0.15) is 11.6 Å². The van der Waals surface area contributed by atoms with Crippen LogP contribution in [-0.2, 0) is 24.2 Å². The molecule has 0 atom stereocenters. The number of methoxy groups -OCH3 is 1. The van der Waals surface area contributed by atoms with Gasteiger partial charge in [0, 0.05) is 24.7 Å². The molecule has 0 saturated carbocycles. The van der Waals surface area contributed by atoms with Gasteiger partial charge in [-0.05, 0) is 5.92 Å². The quantitative estimate of drug-likeness (QED) is 0.796. The predicted molar refractivity (Wildman–Crippen MR) is 83.8 cm³/mol. The first kappa shape index (κ1) is 15.3. The van der Waals surface area contributed by atoms with E-state index in [0.717, 1.165) is 23.5 Å². The minimum atomic E-state index is -0.491. The van der Waals surface area contributed by atoms with E-state index in [1.807, 2.05) is 11.1 Å². The third kappa shape index (κ3) is 3.28. The van der Waals surface area contributed by atoms with Crippen LogP contribution in [-0.4, -0.2) is 33.0 Å². The van der Waals surface area contributed by atoms with Crippen molar-refractivity contribution in [2.24, 2.45) is 5.92 Å². The first-order valence-corrected chi connectivity index (χ1v) is 7.55. The van der Waals surface area contributed by atoms with E-state index in [2.05, 4.69) is 38.5 Å². The SMILES string of the molecule is COC(=O)c1cncc(N2Cc3cnc(CC(C)C)nc3C2)n1. The number of fused-ring (bicyclic) bond motifs is 1. The fraction of sp³-hybridized carbons (Fsp3) is 0.438. The third-order valence-electron chi connectivity index (χ3n) is 3.64. The van der Waals surface area contributed by atoms with Crippen molar-refractivity contribution in [2.45, 2.75) is 33.4 Å². The second-order valence-electron chi connectivity index (χ2n) is 5.97. The summed E-state index contributed by atoms with van der Waals surface area (Å²) >= 11 is 0. The Morgan fingerprint density at radius 1 is 1.26 bits per heavy atom. The number of nitrogens with zero attached hydrogens (tertiary/aromatic N) is 5. The number of anilines is 1. The minimum absolute atomic E-state index is 0.201. The number of rotatable bonds is 4. The summed E-state index contributed by atoms with van der Waals surface area (Å²) < 4.78 is 4.69. The Labute approximate surface area is 134 Å². The molecule has 7 nitrogen and oxygen atoms in total. The fourth-order valence-corrected chi connectivity index (χ4v) is 2.53. The summed E-state index contributed by atoms with van der Waals surface area (Å²) in [5.41, 5.74) is 2.30. The molecule has 2 aromatic heterocycles. The van der Waals surface area contributed by atoms with E-state index < -0.39 is 5.97 Å². The molecule has 0 N–H and O–H groups in total. The molecule has 0 bridgehead atoms. The second-order valence-corrected chi connectivity index (χ2v) is 5.97. The summed E-state index contributed by atoms with van der Waals surface area (Å²) in [7, 11) is 1.33. The van der Waals surface area contributed by atoms with E-state index in [1.54, 1.807) is 6.20 Å². The Morgan fingerprint density at radius 3 is 2.83 bits per heavy atom. The van der Waals surface area contributed by atoms with Crippen molar-refractivity contribution >= 4 is 11.8 Å². The number of ether oxygens (including phenoxy) is 1. The van der Waals surface area contributed by atoms with E-state index in [9.17, 15) is 4.79 Å². The van der Waals surface area contributed by atoms with Gasteiger partial charge >= 0.3 is 5.97 Å². The lowest BCUT2D eigenvalue weighted by molar-refractivity contribution is 0.0593.